The van der Waals surface area contributed by atoms with Gasteiger partial charge in [-0.05, 0) is 35.1 Å². The van der Waals surface area contributed by atoms with Crippen LogP contribution in [-0.2, 0) is 19.2 Å². The van der Waals surface area contributed by atoms with E-state index in [-0.39, 0.29) is 18.4 Å². The van der Waals surface area contributed by atoms with Crippen LogP contribution in [0.25, 0.3) is 11.1 Å². The average Bonchev–Trinajstić information content (AvgIpc) is 3.08. The quantitative estimate of drug-likeness (QED) is 0.397. The number of carboxylic acids is 1. The first-order valence-corrected chi connectivity index (χ1v) is 10.2. The van der Waals surface area contributed by atoms with Gasteiger partial charge in [0, 0.05) is 18.4 Å². The van der Waals surface area contributed by atoms with Crippen LogP contribution in [0.15, 0.2) is 48.5 Å². The number of carbonyl (C=O) groups is 3. The van der Waals surface area contributed by atoms with Gasteiger partial charge >= 0.3 is 12.1 Å². The Morgan fingerprint density at radius 2 is 1.65 bits per heavy atom. The summed E-state index contributed by atoms with van der Waals surface area (Å²) in [6.07, 6.45) is 0.577. The number of aliphatic carboxylic acids is 1. The van der Waals surface area contributed by atoms with Gasteiger partial charge in [-0.1, -0.05) is 55.5 Å². The SMILES string of the molecule is CC(CCCNC(=O)OCC1c2ccccc2-c2ccccc21)C(=O)NOCC(=O)O. The number of hydrogen-bond acceptors (Lipinski definition) is 5. The van der Waals surface area contributed by atoms with E-state index < -0.39 is 24.6 Å². The lowest BCUT2D eigenvalue weighted by Gasteiger charge is -2.15. The number of benzene rings is 2. The largest absolute Gasteiger partial charge is 0.479 e. The van der Waals surface area contributed by atoms with Crippen molar-refractivity contribution < 1.29 is 29.1 Å². The van der Waals surface area contributed by atoms with Gasteiger partial charge in [-0.15, -0.1) is 0 Å². The van der Waals surface area contributed by atoms with Crippen LogP contribution in [0.4, 0.5) is 4.79 Å². The summed E-state index contributed by atoms with van der Waals surface area (Å²) in [6.45, 7) is 1.72. The van der Waals surface area contributed by atoms with Crippen LogP contribution in [0.5, 0.6) is 0 Å². The second kappa shape index (κ2) is 10.6. The fourth-order valence-corrected chi connectivity index (χ4v) is 3.65. The Hall–Kier alpha value is -3.39. The van der Waals surface area contributed by atoms with E-state index in [0.717, 1.165) is 11.1 Å². The van der Waals surface area contributed by atoms with Crippen molar-refractivity contribution in [1.29, 1.82) is 0 Å². The van der Waals surface area contributed by atoms with Gasteiger partial charge in [0.15, 0.2) is 6.61 Å². The first kappa shape index (κ1) is 22.3. The molecule has 0 fully saturated rings. The lowest BCUT2D eigenvalue weighted by molar-refractivity contribution is -0.150. The zero-order chi connectivity index (χ0) is 22.2. The van der Waals surface area contributed by atoms with Gasteiger partial charge in [0.1, 0.15) is 6.61 Å². The van der Waals surface area contributed by atoms with Gasteiger partial charge in [0.2, 0.25) is 5.91 Å². The Kier molecular flexibility index (Phi) is 7.61. The number of alkyl carbamates (subject to hydrolysis) is 1. The molecule has 0 aromatic heterocycles. The number of hydroxylamine groups is 1. The number of hydrogen-bond donors (Lipinski definition) is 3. The van der Waals surface area contributed by atoms with E-state index in [1.165, 1.54) is 11.1 Å². The van der Waals surface area contributed by atoms with Gasteiger partial charge in [-0.3, -0.25) is 9.63 Å². The predicted molar refractivity (Wildman–Crippen MR) is 113 cm³/mol. The molecule has 31 heavy (non-hydrogen) atoms. The normalized spacial score (nSPS) is 13.1. The molecule has 1 unspecified atom stereocenters. The Balaban J connectivity index is 1.39. The zero-order valence-electron chi connectivity index (χ0n) is 17.3. The number of fused-ring (bicyclic) bond motifs is 3. The molecule has 0 saturated heterocycles. The molecule has 1 aliphatic carbocycles. The highest BCUT2D eigenvalue weighted by atomic mass is 16.7. The van der Waals surface area contributed by atoms with Gasteiger partial charge in [-0.2, -0.15) is 0 Å². The Morgan fingerprint density at radius 1 is 1.03 bits per heavy atom. The van der Waals surface area contributed by atoms with Crippen LogP contribution in [0, 0.1) is 5.92 Å². The van der Waals surface area contributed by atoms with E-state index in [4.69, 9.17) is 9.84 Å². The van der Waals surface area contributed by atoms with Crippen LogP contribution >= 0.6 is 0 Å². The zero-order valence-corrected chi connectivity index (χ0v) is 17.3. The lowest BCUT2D eigenvalue weighted by atomic mass is 9.98. The van der Waals surface area contributed by atoms with Crippen molar-refractivity contribution >= 4 is 18.0 Å². The highest BCUT2D eigenvalue weighted by Gasteiger charge is 2.28. The second-order valence-electron chi connectivity index (χ2n) is 7.44. The summed E-state index contributed by atoms with van der Waals surface area (Å²) >= 11 is 0. The molecule has 8 heteroatoms. The number of nitrogens with one attached hydrogen (secondary N) is 2. The predicted octanol–water partition coefficient (Wildman–Crippen LogP) is 3.07. The molecule has 0 radical (unpaired) electrons. The first-order chi connectivity index (χ1) is 15.0. The third-order valence-corrected chi connectivity index (χ3v) is 5.24. The van der Waals surface area contributed by atoms with E-state index >= 15 is 0 Å². The molecule has 164 valence electrons. The number of carbonyl (C=O) groups excluding carboxylic acids is 2. The second-order valence-corrected chi connectivity index (χ2v) is 7.44. The molecule has 0 saturated carbocycles. The smallest absolute Gasteiger partial charge is 0.407 e. The number of rotatable bonds is 10. The number of ether oxygens (including phenoxy) is 1. The molecule has 2 aromatic rings. The van der Waals surface area contributed by atoms with Crippen molar-refractivity contribution in [3.05, 3.63) is 59.7 Å². The van der Waals surface area contributed by atoms with Crippen molar-refractivity contribution in [1.82, 2.24) is 10.8 Å². The van der Waals surface area contributed by atoms with Gasteiger partial charge in [-0.25, -0.2) is 15.1 Å². The minimum atomic E-state index is -1.17. The van der Waals surface area contributed by atoms with Crippen LogP contribution in [0.2, 0.25) is 0 Å². The van der Waals surface area contributed by atoms with E-state index in [1.54, 1.807) is 6.92 Å². The van der Waals surface area contributed by atoms with Crippen LogP contribution in [-0.4, -0.2) is 42.8 Å². The van der Waals surface area contributed by atoms with E-state index in [9.17, 15) is 14.4 Å². The van der Waals surface area contributed by atoms with Crippen molar-refractivity contribution in [2.24, 2.45) is 5.92 Å². The van der Waals surface area contributed by atoms with Crippen molar-refractivity contribution in [3.63, 3.8) is 0 Å². The molecular weight excluding hydrogens is 400 g/mol. The highest BCUT2D eigenvalue weighted by molar-refractivity contribution is 5.79. The summed E-state index contributed by atoms with van der Waals surface area (Å²) in [6, 6.07) is 16.3. The lowest BCUT2D eigenvalue weighted by Crippen LogP contribution is -2.32. The van der Waals surface area contributed by atoms with E-state index in [0.29, 0.717) is 19.4 Å². The molecule has 1 aliphatic rings. The maximum atomic E-state index is 12.1. The summed E-state index contributed by atoms with van der Waals surface area (Å²) < 4.78 is 5.46. The third-order valence-electron chi connectivity index (χ3n) is 5.24. The highest BCUT2D eigenvalue weighted by Crippen LogP contribution is 2.44. The van der Waals surface area contributed by atoms with E-state index in [1.807, 2.05) is 24.3 Å². The van der Waals surface area contributed by atoms with Crippen LogP contribution in [0.3, 0.4) is 0 Å². The van der Waals surface area contributed by atoms with Gasteiger partial charge in [0.25, 0.3) is 0 Å². The summed E-state index contributed by atoms with van der Waals surface area (Å²) in [7, 11) is 0. The van der Waals surface area contributed by atoms with Crippen molar-refractivity contribution in [2.45, 2.75) is 25.7 Å². The Labute approximate surface area is 180 Å². The maximum Gasteiger partial charge on any atom is 0.407 e. The molecular formula is C23H26N2O6. The molecule has 8 nitrogen and oxygen atoms in total. The number of amides is 2. The van der Waals surface area contributed by atoms with Gasteiger partial charge in [0.05, 0.1) is 0 Å². The third kappa shape index (κ3) is 5.82. The van der Waals surface area contributed by atoms with Crippen molar-refractivity contribution in [3.8, 4) is 11.1 Å². The molecule has 0 bridgehead atoms. The topological polar surface area (TPSA) is 114 Å². The molecule has 3 N–H and O–H groups in total. The van der Waals surface area contributed by atoms with Gasteiger partial charge < -0.3 is 15.2 Å². The van der Waals surface area contributed by atoms with E-state index in [2.05, 4.69) is 39.9 Å². The maximum absolute atomic E-state index is 12.1. The first-order valence-electron chi connectivity index (χ1n) is 10.2. The van der Waals surface area contributed by atoms with Crippen molar-refractivity contribution in [2.75, 3.05) is 19.8 Å². The minimum absolute atomic E-state index is 0.00710. The standard InChI is InChI=1S/C23H26N2O6/c1-15(22(28)25-31-14-21(26)27)7-6-12-24-23(29)30-13-20-18-10-4-2-8-16(18)17-9-3-5-11-19(17)20/h2-5,8-11,15,20H,6-7,12-14H2,1H3,(H,24,29)(H,25,28)(H,26,27). The summed E-state index contributed by atoms with van der Waals surface area (Å²) in [5, 5.41) is 11.2. The summed E-state index contributed by atoms with van der Waals surface area (Å²) in [4.78, 5) is 38.8. The molecule has 2 amide bonds. The molecule has 0 spiro atoms. The molecule has 1 atom stereocenters. The number of carboxylic acid groups (broad SMARTS) is 1. The molecule has 2 aromatic carbocycles. The monoisotopic (exact) mass is 426 g/mol. The minimum Gasteiger partial charge on any atom is -0.479 e. The Bertz CT molecular complexity index is 900. The van der Waals surface area contributed by atoms with Crippen LogP contribution in [0.1, 0.15) is 36.8 Å². The molecule has 0 heterocycles. The van der Waals surface area contributed by atoms with Crippen LogP contribution < -0.4 is 10.8 Å². The average molecular weight is 426 g/mol. The molecule has 0 aliphatic heterocycles. The fraction of sp³-hybridized carbons (Fsp3) is 0.348. The Morgan fingerprint density at radius 3 is 2.26 bits per heavy atom. The summed E-state index contributed by atoms with van der Waals surface area (Å²) in [5.74, 6) is -1.94. The fourth-order valence-electron chi connectivity index (χ4n) is 3.65. The molecule has 3 rings (SSSR count). The summed E-state index contributed by atoms with van der Waals surface area (Å²) in [5.41, 5.74) is 6.75.